The number of hydrogen-bond acceptors (Lipinski definition) is 3. The van der Waals surface area contributed by atoms with Gasteiger partial charge in [-0.05, 0) is 30.5 Å². The first-order valence-corrected chi connectivity index (χ1v) is 8.04. The summed E-state index contributed by atoms with van der Waals surface area (Å²) in [5.41, 5.74) is 3.10. The number of alkyl halides is 1. The number of aryl methyl sites for hydroxylation is 1. The van der Waals surface area contributed by atoms with Crippen LogP contribution in [0.25, 0.3) is 16.7 Å². The van der Waals surface area contributed by atoms with Crippen LogP contribution in [0.15, 0.2) is 35.0 Å². The lowest BCUT2D eigenvalue weighted by Crippen LogP contribution is -2.00. The van der Waals surface area contributed by atoms with E-state index in [1.165, 1.54) is 0 Å². The predicted molar refractivity (Wildman–Crippen MR) is 84.5 cm³/mol. The van der Waals surface area contributed by atoms with Gasteiger partial charge in [-0.1, -0.05) is 6.07 Å². The highest BCUT2D eigenvalue weighted by Gasteiger charge is 2.15. The maximum absolute atomic E-state index is 5.92. The Kier molecular flexibility index (Phi) is 3.94. The van der Waals surface area contributed by atoms with Gasteiger partial charge >= 0.3 is 0 Å². The fourth-order valence-electron chi connectivity index (χ4n) is 2.32. The van der Waals surface area contributed by atoms with Crippen LogP contribution in [0.5, 0.6) is 5.75 Å². The number of benzene rings is 1. The molecule has 0 aliphatic rings. The van der Waals surface area contributed by atoms with Crippen molar-refractivity contribution in [3.63, 3.8) is 0 Å². The molecule has 0 N–H and O–H groups in total. The molecule has 0 unspecified atom stereocenters. The van der Waals surface area contributed by atoms with Gasteiger partial charge in [-0.2, -0.15) is 11.3 Å². The summed E-state index contributed by atoms with van der Waals surface area (Å²) in [6.45, 7) is 2.61. The van der Waals surface area contributed by atoms with E-state index in [0.29, 0.717) is 12.5 Å². The van der Waals surface area contributed by atoms with Crippen LogP contribution in [-0.2, 0) is 6.42 Å². The number of thiophene rings is 1. The summed E-state index contributed by atoms with van der Waals surface area (Å²) >= 11 is 7.59. The minimum Gasteiger partial charge on any atom is -0.492 e. The molecule has 3 nitrogen and oxygen atoms in total. The largest absolute Gasteiger partial charge is 0.492 e. The maximum Gasteiger partial charge on any atom is 0.147 e. The van der Waals surface area contributed by atoms with Gasteiger partial charge in [0.2, 0.25) is 0 Å². The van der Waals surface area contributed by atoms with E-state index in [0.717, 1.165) is 34.7 Å². The van der Waals surface area contributed by atoms with Crippen LogP contribution in [0.3, 0.4) is 0 Å². The molecule has 0 amide bonds. The fraction of sp³-hybridized carbons (Fsp3) is 0.267. The average Bonchev–Trinajstić information content (AvgIpc) is 3.06. The monoisotopic (exact) mass is 306 g/mol. The lowest BCUT2D eigenvalue weighted by Gasteiger charge is -2.06. The van der Waals surface area contributed by atoms with Crippen LogP contribution in [0.4, 0.5) is 0 Å². The topological polar surface area (TPSA) is 27.1 Å². The molecule has 104 valence electrons. The second-order valence-corrected chi connectivity index (χ2v) is 5.50. The Morgan fingerprint density at radius 3 is 2.95 bits per heavy atom. The molecule has 0 spiro atoms. The summed E-state index contributed by atoms with van der Waals surface area (Å²) in [5.74, 6) is 2.35. The lowest BCUT2D eigenvalue weighted by atomic mass is 10.3. The molecule has 0 radical (unpaired) electrons. The fourth-order valence-corrected chi connectivity index (χ4v) is 3.11. The van der Waals surface area contributed by atoms with E-state index in [-0.39, 0.29) is 0 Å². The summed E-state index contributed by atoms with van der Waals surface area (Å²) < 4.78 is 7.84. The highest BCUT2D eigenvalue weighted by Crippen LogP contribution is 2.29. The molecule has 1 aromatic carbocycles. The van der Waals surface area contributed by atoms with Gasteiger partial charge in [-0.15, -0.1) is 11.6 Å². The van der Waals surface area contributed by atoms with Crippen molar-refractivity contribution in [1.29, 1.82) is 0 Å². The van der Waals surface area contributed by atoms with Crippen LogP contribution in [0.1, 0.15) is 12.7 Å². The number of ether oxygens (including phenoxy) is 1. The number of aromatic nitrogens is 2. The van der Waals surface area contributed by atoms with Crippen molar-refractivity contribution in [3.05, 3.63) is 40.8 Å². The number of fused-ring (bicyclic) bond motifs is 1. The number of halogens is 1. The Morgan fingerprint density at radius 1 is 1.35 bits per heavy atom. The average molecular weight is 307 g/mol. The van der Waals surface area contributed by atoms with E-state index in [4.69, 9.17) is 21.3 Å². The number of nitrogens with zero attached hydrogens (tertiary/aromatic N) is 2. The molecular formula is C15H15ClN2OS. The minimum atomic E-state index is 0.553. The number of para-hydroxylation sites is 1. The molecule has 0 aliphatic carbocycles. The third-order valence-electron chi connectivity index (χ3n) is 3.10. The molecule has 3 rings (SSSR count). The molecule has 0 fully saturated rings. The highest BCUT2D eigenvalue weighted by atomic mass is 35.5. The van der Waals surface area contributed by atoms with Gasteiger partial charge in [0.15, 0.2) is 0 Å². The van der Waals surface area contributed by atoms with Gasteiger partial charge < -0.3 is 4.74 Å². The van der Waals surface area contributed by atoms with Gasteiger partial charge in [-0.25, -0.2) is 4.98 Å². The molecule has 0 bridgehead atoms. The zero-order valence-corrected chi connectivity index (χ0v) is 12.7. The number of imidazole rings is 1. The Hall–Kier alpha value is -1.52. The van der Waals surface area contributed by atoms with E-state index in [2.05, 4.69) is 27.5 Å². The summed E-state index contributed by atoms with van der Waals surface area (Å²) in [6, 6.07) is 8.13. The molecule has 0 atom stereocenters. The normalized spacial score (nSPS) is 11.1. The molecule has 0 aliphatic heterocycles. The van der Waals surface area contributed by atoms with Crippen LogP contribution in [-0.4, -0.2) is 22.0 Å². The van der Waals surface area contributed by atoms with Gasteiger partial charge in [0.1, 0.15) is 17.1 Å². The standard InChI is InChI=1S/C15H15ClN2OS/c1-2-19-13-5-3-4-12-15(13)17-14(6-8-16)18(12)11-7-9-20-10-11/h3-5,7,9-10H,2,6,8H2,1H3. The van der Waals surface area contributed by atoms with Gasteiger partial charge in [-0.3, -0.25) is 4.57 Å². The second-order valence-electron chi connectivity index (χ2n) is 4.34. The summed E-state index contributed by atoms with van der Waals surface area (Å²) in [6.07, 6.45) is 0.734. The van der Waals surface area contributed by atoms with Gasteiger partial charge in [0.05, 0.1) is 17.8 Å². The number of rotatable bonds is 5. The minimum absolute atomic E-state index is 0.553. The second kappa shape index (κ2) is 5.85. The molecule has 2 aromatic heterocycles. The first kappa shape index (κ1) is 13.5. The maximum atomic E-state index is 5.92. The van der Waals surface area contributed by atoms with Crippen molar-refractivity contribution in [2.75, 3.05) is 12.5 Å². The predicted octanol–water partition coefficient (Wildman–Crippen LogP) is 4.27. The summed E-state index contributed by atoms with van der Waals surface area (Å²) in [5, 5.41) is 4.18. The Morgan fingerprint density at radius 2 is 2.25 bits per heavy atom. The third-order valence-corrected chi connectivity index (χ3v) is 3.96. The van der Waals surface area contributed by atoms with E-state index in [1.54, 1.807) is 11.3 Å². The zero-order valence-electron chi connectivity index (χ0n) is 11.2. The van der Waals surface area contributed by atoms with Crippen LogP contribution in [0.2, 0.25) is 0 Å². The molecule has 0 saturated carbocycles. The SMILES string of the molecule is CCOc1cccc2c1nc(CCCl)n2-c1ccsc1. The van der Waals surface area contributed by atoms with Crippen molar-refractivity contribution < 1.29 is 4.74 Å². The van der Waals surface area contributed by atoms with E-state index in [9.17, 15) is 0 Å². The Labute approximate surface area is 126 Å². The molecule has 3 aromatic rings. The van der Waals surface area contributed by atoms with Gasteiger partial charge in [0.25, 0.3) is 0 Å². The van der Waals surface area contributed by atoms with Crippen LogP contribution >= 0.6 is 22.9 Å². The molecule has 20 heavy (non-hydrogen) atoms. The van der Waals surface area contributed by atoms with Crippen molar-refractivity contribution >= 4 is 34.0 Å². The first-order valence-electron chi connectivity index (χ1n) is 6.56. The summed E-state index contributed by atoms with van der Waals surface area (Å²) in [7, 11) is 0. The van der Waals surface area contributed by atoms with Crippen LogP contribution < -0.4 is 4.74 Å². The zero-order chi connectivity index (χ0) is 13.9. The van der Waals surface area contributed by atoms with E-state index in [1.807, 2.05) is 19.1 Å². The molecular weight excluding hydrogens is 292 g/mol. The van der Waals surface area contributed by atoms with E-state index >= 15 is 0 Å². The van der Waals surface area contributed by atoms with Crippen molar-refractivity contribution in [2.24, 2.45) is 0 Å². The van der Waals surface area contributed by atoms with E-state index < -0.39 is 0 Å². The first-order chi connectivity index (χ1) is 9.85. The Bertz CT molecular complexity index is 706. The van der Waals surface area contributed by atoms with Crippen molar-refractivity contribution in [2.45, 2.75) is 13.3 Å². The summed E-state index contributed by atoms with van der Waals surface area (Å²) in [4.78, 5) is 4.74. The lowest BCUT2D eigenvalue weighted by molar-refractivity contribution is 0.343. The van der Waals surface area contributed by atoms with Crippen LogP contribution in [0, 0.1) is 0 Å². The Balaban J connectivity index is 2.25. The highest BCUT2D eigenvalue weighted by molar-refractivity contribution is 7.08. The molecule has 5 heteroatoms. The van der Waals surface area contributed by atoms with Crippen molar-refractivity contribution in [1.82, 2.24) is 9.55 Å². The third kappa shape index (κ3) is 2.30. The quantitative estimate of drug-likeness (QED) is 0.658. The molecule has 0 saturated heterocycles. The van der Waals surface area contributed by atoms with Gasteiger partial charge in [0, 0.05) is 17.7 Å². The smallest absolute Gasteiger partial charge is 0.147 e. The number of hydrogen-bond donors (Lipinski definition) is 0. The van der Waals surface area contributed by atoms with Crippen molar-refractivity contribution in [3.8, 4) is 11.4 Å². The molecule has 2 heterocycles.